The first-order chi connectivity index (χ1) is 10.5. The zero-order valence-corrected chi connectivity index (χ0v) is 14.9. The van der Waals surface area contributed by atoms with E-state index in [4.69, 9.17) is 9.84 Å². The Kier molecular flexibility index (Phi) is 5.79. The van der Waals surface area contributed by atoms with Crippen molar-refractivity contribution in [3.05, 3.63) is 57.8 Å². The average molecular weight is 410 g/mol. The van der Waals surface area contributed by atoms with Gasteiger partial charge in [-0.2, -0.15) is 0 Å². The quantitative estimate of drug-likeness (QED) is 0.744. The van der Waals surface area contributed by atoms with Gasteiger partial charge < -0.3 is 14.7 Å². The van der Waals surface area contributed by atoms with Crippen molar-refractivity contribution in [2.45, 2.75) is 0 Å². The Labute approximate surface area is 144 Å². The van der Waals surface area contributed by atoms with E-state index in [1.807, 2.05) is 20.2 Å². The van der Waals surface area contributed by atoms with Crippen LogP contribution in [0.2, 0.25) is 0 Å². The van der Waals surface area contributed by atoms with Crippen LogP contribution in [0.4, 0.5) is 5.69 Å². The number of aliphatic hydroxyl groups is 1. The summed E-state index contributed by atoms with van der Waals surface area (Å²) in [5.74, 6) is 0.536. The summed E-state index contributed by atoms with van der Waals surface area (Å²) in [7, 11) is 4.03. The number of benzene rings is 1. The molecule has 0 aliphatic heterocycles. The van der Waals surface area contributed by atoms with Crippen LogP contribution in [0.3, 0.4) is 0 Å². The fourth-order valence-corrected chi connectivity index (χ4v) is 2.60. The van der Waals surface area contributed by atoms with E-state index in [0.29, 0.717) is 5.88 Å². The van der Waals surface area contributed by atoms with Crippen LogP contribution >= 0.6 is 22.6 Å². The lowest BCUT2D eigenvalue weighted by molar-refractivity contribution is 0.196. The molecule has 0 saturated carbocycles. The molecule has 0 atom stereocenters. The van der Waals surface area contributed by atoms with Gasteiger partial charge in [0.05, 0.1) is 10.2 Å². The van der Waals surface area contributed by atoms with Crippen molar-refractivity contribution in [1.82, 2.24) is 4.98 Å². The van der Waals surface area contributed by atoms with Gasteiger partial charge in [-0.05, 0) is 51.9 Å². The summed E-state index contributed by atoms with van der Waals surface area (Å²) in [4.78, 5) is 6.36. The molecule has 1 aromatic carbocycles. The van der Waals surface area contributed by atoms with Gasteiger partial charge in [0.2, 0.25) is 5.88 Å². The molecule has 1 heterocycles. The molecule has 0 bridgehead atoms. The third-order valence-electron chi connectivity index (χ3n) is 3.22. The van der Waals surface area contributed by atoms with Crippen molar-refractivity contribution < 1.29 is 9.84 Å². The van der Waals surface area contributed by atoms with Gasteiger partial charge in [-0.15, -0.1) is 0 Å². The molecule has 0 amide bonds. The van der Waals surface area contributed by atoms with E-state index in [0.717, 1.165) is 26.0 Å². The van der Waals surface area contributed by atoms with Crippen LogP contribution in [0.25, 0.3) is 5.57 Å². The number of aliphatic hydroxyl groups excluding tert-OH is 1. The van der Waals surface area contributed by atoms with Crippen molar-refractivity contribution in [2.75, 3.05) is 32.2 Å². The van der Waals surface area contributed by atoms with E-state index in [-0.39, 0.29) is 13.2 Å². The van der Waals surface area contributed by atoms with Gasteiger partial charge in [-0.3, -0.25) is 0 Å². The smallest absolute Gasteiger partial charge is 0.227 e. The number of anilines is 1. The first-order valence-electron chi connectivity index (χ1n) is 6.89. The van der Waals surface area contributed by atoms with E-state index >= 15 is 0 Å². The number of aromatic nitrogens is 1. The highest BCUT2D eigenvalue weighted by molar-refractivity contribution is 14.1. The number of nitrogens with zero attached hydrogens (tertiary/aromatic N) is 2. The van der Waals surface area contributed by atoms with Gasteiger partial charge in [-0.25, -0.2) is 4.98 Å². The van der Waals surface area contributed by atoms with Gasteiger partial charge in [-0.1, -0.05) is 18.7 Å². The third-order valence-corrected chi connectivity index (χ3v) is 3.99. The van der Waals surface area contributed by atoms with Gasteiger partial charge in [0.1, 0.15) is 6.61 Å². The number of ether oxygens (including phenoxy) is 1. The van der Waals surface area contributed by atoms with Crippen molar-refractivity contribution >= 4 is 33.9 Å². The Bertz CT molecular complexity index is 654. The topological polar surface area (TPSA) is 45.6 Å². The maximum atomic E-state index is 8.80. The summed E-state index contributed by atoms with van der Waals surface area (Å²) in [5, 5.41) is 8.80. The van der Waals surface area contributed by atoms with Crippen molar-refractivity contribution in [3.8, 4) is 5.88 Å². The molecule has 0 saturated heterocycles. The zero-order chi connectivity index (χ0) is 16.1. The monoisotopic (exact) mass is 410 g/mol. The second-order valence-electron chi connectivity index (χ2n) is 5.00. The maximum Gasteiger partial charge on any atom is 0.227 e. The molecule has 1 aromatic heterocycles. The highest BCUT2D eigenvalue weighted by Crippen LogP contribution is 2.27. The van der Waals surface area contributed by atoms with Crippen molar-refractivity contribution in [3.63, 3.8) is 0 Å². The molecule has 0 aliphatic carbocycles. The third kappa shape index (κ3) is 3.98. The summed E-state index contributed by atoms with van der Waals surface area (Å²) in [5.41, 5.74) is 4.09. The largest absolute Gasteiger partial charge is 0.474 e. The summed E-state index contributed by atoms with van der Waals surface area (Å²) < 4.78 is 6.26. The Morgan fingerprint density at radius 2 is 1.95 bits per heavy atom. The Morgan fingerprint density at radius 3 is 2.50 bits per heavy atom. The van der Waals surface area contributed by atoms with Gasteiger partial charge in [0, 0.05) is 31.5 Å². The zero-order valence-electron chi connectivity index (χ0n) is 12.7. The molecule has 0 fully saturated rings. The standard InChI is InChI=1S/C17H19IN2O2/c1-12(13-4-6-15(7-5-13)20(2)3)14-10-16(18)17(19-11-14)22-9-8-21/h4-7,10-11,21H,1,8-9H2,2-3H3. The molecule has 0 aliphatic rings. The van der Waals surface area contributed by atoms with E-state index in [1.165, 1.54) is 0 Å². The first-order valence-corrected chi connectivity index (χ1v) is 7.97. The van der Waals surface area contributed by atoms with Crippen molar-refractivity contribution in [1.29, 1.82) is 0 Å². The van der Waals surface area contributed by atoms with Crippen LogP contribution in [0, 0.1) is 3.57 Å². The Balaban J connectivity index is 2.20. The summed E-state index contributed by atoms with van der Waals surface area (Å²) in [6, 6.07) is 10.2. The predicted molar refractivity (Wildman–Crippen MR) is 98.4 cm³/mol. The molecule has 0 spiro atoms. The Morgan fingerprint density at radius 1 is 1.27 bits per heavy atom. The maximum absolute atomic E-state index is 8.80. The molecule has 116 valence electrons. The molecular weight excluding hydrogens is 391 g/mol. The highest BCUT2D eigenvalue weighted by Gasteiger charge is 2.08. The fraction of sp³-hybridized carbons (Fsp3) is 0.235. The summed E-state index contributed by atoms with van der Waals surface area (Å²) in [6.45, 7) is 4.39. The van der Waals surface area contributed by atoms with E-state index in [2.05, 4.69) is 63.3 Å². The van der Waals surface area contributed by atoms with E-state index in [9.17, 15) is 0 Å². The number of hydrogen-bond donors (Lipinski definition) is 1. The fourth-order valence-electron chi connectivity index (χ4n) is 1.97. The van der Waals surface area contributed by atoms with Crippen LogP contribution in [0.15, 0.2) is 43.1 Å². The molecule has 2 aromatic rings. The molecule has 1 N–H and O–H groups in total. The predicted octanol–water partition coefficient (Wildman–Crippen LogP) is 3.18. The van der Waals surface area contributed by atoms with E-state index < -0.39 is 0 Å². The normalized spacial score (nSPS) is 10.4. The minimum Gasteiger partial charge on any atom is -0.474 e. The molecule has 0 unspecified atom stereocenters. The first kappa shape index (κ1) is 16.8. The Hall–Kier alpha value is -1.60. The number of halogens is 1. The highest BCUT2D eigenvalue weighted by atomic mass is 127. The van der Waals surface area contributed by atoms with Gasteiger partial charge >= 0.3 is 0 Å². The van der Waals surface area contributed by atoms with Crippen LogP contribution in [0.5, 0.6) is 5.88 Å². The molecule has 4 nitrogen and oxygen atoms in total. The lowest BCUT2D eigenvalue weighted by Crippen LogP contribution is -2.08. The molecule has 22 heavy (non-hydrogen) atoms. The second kappa shape index (κ2) is 7.60. The minimum atomic E-state index is -0.0234. The van der Waals surface area contributed by atoms with Crippen molar-refractivity contribution in [2.24, 2.45) is 0 Å². The summed E-state index contributed by atoms with van der Waals surface area (Å²) in [6.07, 6.45) is 1.75. The second-order valence-corrected chi connectivity index (χ2v) is 6.17. The number of pyridine rings is 1. The van der Waals surface area contributed by atoms with Crippen LogP contribution in [-0.2, 0) is 0 Å². The van der Waals surface area contributed by atoms with E-state index in [1.54, 1.807) is 6.20 Å². The van der Waals surface area contributed by atoms with Crippen LogP contribution in [0.1, 0.15) is 11.1 Å². The molecule has 0 radical (unpaired) electrons. The van der Waals surface area contributed by atoms with Crippen LogP contribution in [-0.4, -0.2) is 37.4 Å². The van der Waals surface area contributed by atoms with Crippen LogP contribution < -0.4 is 9.64 Å². The average Bonchev–Trinajstić information content (AvgIpc) is 2.53. The number of rotatable bonds is 6. The molecule has 2 rings (SSSR count). The lowest BCUT2D eigenvalue weighted by Gasteiger charge is -2.14. The van der Waals surface area contributed by atoms with Gasteiger partial charge in [0.25, 0.3) is 0 Å². The minimum absolute atomic E-state index is 0.0234. The summed E-state index contributed by atoms with van der Waals surface area (Å²) >= 11 is 2.18. The lowest BCUT2D eigenvalue weighted by atomic mass is 10.0. The molecule has 5 heteroatoms. The van der Waals surface area contributed by atoms with Gasteiger partial charge in [0.15, 0.2) is 0 Å². The molecular formula is C17H19IN2O2. The SMILES string of the molecule is C=C(c1ccc(N(C)C)cc1)c1cnc(OCCO)c(I)c1. The number of hydrogen-bond acceptors (Lipinski definition) is 4.